The van der Waals surface area contributed by atoms with E-state index in [9.17, 15) is 4.79 Å². The molecule has 1 aromatic rings. The lowest BCUT2D eigenvalue weighted by Gasteiger charge is -2.17. The molecule has 0 atom stereocenters. The minimum atomic E-state index is -0.190. The van der Waals surface area contributed by atoms with Crippen molar-refractivity contribution < 1.29 is 14.3 Å². The standard InChI is InChI=1S/C14H18O3/c1-9(15)5-10-6-11-8-14(2,3)17-13(11)12(7-10)16-4/h6-7H,5,8H2,1-4H3. The number of fused-ring (bicyclic) bond motifs is 1. The third-order valence-electron chi connectivity index (χ3n) is 2.86. The number of carbonyl (C=O) groups is 1. The molecule has 0 aromatic heterocycles. The largest absolute Gasteiger partial charge is 0.493 e. The number of carbonyl (C=O) groups excluding carboxylic acids is 1. The summed E-state index contributed by atoms with van der Waals surface area (Å²) in [7, 11) is 1.63. The predicted molar refractivity (Wildman–Crippen MR) is 65.8 cm³/mol. The molecular formula is C14H18O3. The van der Waals surface area contributed by atoms with Crippen LogP contribution in [0.1, 0.15) is 31.9 Å². The molecule has 17 heavy (non-hydrogen) atoms. The van der Waals surface area contributed by atoms with Crippen LogP contribution in [0.4, 0.5) is 0 Å². The number of ketones is 1. The van der Waals surface area contributed by atoms with Gasteiger partial charge in [-0.2, -0.15) is 0 Å². The van der Waals surface area contributed by atoms with E-state index in [1.165, 1.54) is 0 Å². The Hall–Kier alpha value is -1.51. The van der Waals surface area contributed by atoms with Gasteiger partial charge in [-0.15, -0.1) is 0 Å². The van der Waals surface area contributed by atoms with Gasteiger partial charge in [-0.25, -0.2) is 0 Å². The summed E-state index contributed by atoms with van der Waals surface area (Å²) < 4.78 is 11.2. The molecule has 0 N–H and O–H groups in total. The highest BCUT2D eigenvalue weighted by atomic mass is 16.5. The fourth-order valence-corrected chi connectivity index (χ4v) is 2.28. The molecule has 0 unspecified atom stereocenters. The van der Waals surface area contributed by atoms with E-state index in [0.29, 0.717) is 6.42 Å². The Balaban J connectivity index is 2.41. The number of Topliss-reactive ketones (excluding diaryl/α,β-unsaturated/α-hetero) is 1. The molecule has 0 aliphatic carbocycles. The quantitative estimate of drug-likeness (QED) is 0.806. The van der Waals surface area contributed by atoms with Gasteiger partial charge < -0.3 is 9.47 Å². The highest BCUT2D eigenvalue weighted by molar-refractivity contribution is 5.78. The van der Waals surface area contributed by atoms with Crippen LogP contribution in [0.5, 0.6) is 11.5 Å². The Morgan fingerprint density at radius 2 is 2.18 bits per heavy atom. The number of ether oxygens (including phenoxy) is 2. The first-order valence-electron chi connectivity index (χ1n) is 5.79. The first-order chi connectivity index (χ1) is 7.91. The van der Waals surface area contributed by atoms with Crippen molar-refractivity contribution in [2.75, 3.05) is 7.11 Å². The lowest BCUT2D eigenvalue weighted by Crippen LogP contribution is -2.24. The van der Waals surface area contributed by atoms with Crippen molar-refractivity contribution in [3.8, 4) is 11.5 Å². The first kappa shape index (κ1) is 12.0. The number of hydrogen-bond acceptors (Lipinski definition) is 3. The lowest BCUT2D eigenvalue weighted by molar-refractivity contribution is -0.116. The van der Waals surface area contributed by atoms with Crippen molar-refractivity contribution in [1.29, 1.82) is 0 Å². The zero-order valence-corrected chi connectivity index (χ0v) is 10.8. The van der Waals surface area contributed by atoms with Gasteiger partial charge in [-0.05, 0) is 32.4 Å². The van der Waals surface area contributed by atoms with Crippen LogP contribution in [0.3, 0.4) is 0 Å². The Kier molecular flexibility index (Phi) is 2.86. The van der Waals surface area contributed by atoms with Gasteiger partial charge in [0.05, 0.1) is 7.11 Å². The maximum atomic E-state index is 11.2. The Morgan fingerprint density at radius 1 is 1.47 bits per heavy atom. The van der Waals surface area contributed by atoms with Gasteiger partial charge in [0.2, 0.25) is 0 Å². The monoisotopic (exact) mass is 234 g/mol. The van der Waals surface area contributed by atoms with Crippen molar-refractivity contribution in [3.63, 3.8) is 0 Å². The van der Waals surface area contributed by atoms with Gasteiger partial charge in [0.25, 0.3) is 0 Å². The zero-order chi connectivity index (χ0) is 12.6. The molecule has 1 heterocycles. The van der Waals surface area contributed by atoms with Crippen LogP contribution in [0.2, 0.25) is 0 Å². The second kappa shape index (κ2) is 4.06. The fraction of sp³-hybridized carbons (Fsp3) is 0.500. The van der Waals surface area contributed by atoms with E-state index in [2.05, 4.69) is 13.8 Å². The first-order valence-corrected chi connectivity index (χ1v) is 5.79. The third kappa shape index (κ3) is 2.43. The second-order valence-electron chi connectivity index (χ2n) is 5.20. The molecular weight excluding hydrogens is 216 g/mol. The van der Waals surface area contributed by atoms with E-state index in [4.69, 9.17) is 9.47 Å². The highest BCUT2D eigenvalue weighted by Gasteiger charge is 2.32. The molecule has 0 radical (unpaired) electrons. The Bertz CT molecular complexity index is 461. The SMILES string of the molecule is COc1cc(CC(C)=O)cc2c1OC(C)(C)C2. The molecule has 0 bridgehead atoms. The van der Waals surface area contributed by atoms with E-state index < -0.39 is 0 Å². The van der Waals surface area contributed by atoms with Crippen LogP contribution in [-0.2, 0) is 17.6 Å². The van der Waals surface area contributed by atoms with E-state index in [-0.39, 0.29) is 11.4 Å². The summed E-state index contributed by atoms with van der Waals surface area (Å²) in [6.45, 7) is 5.70. The minimum absolute atomic E-state index is 0.158. The zero-order valence-electron chi connectivity index (χ0n) is 10.8. The smallest absolute Gasteiger partial charge is 0.165 e. The topological polar surface area (TPSA) is 35.5 Å². The van der Waals surface area contributed by atoms with Crippen LogP contribution in [0, 0.1) is 0 Å². The predicted octanol–water partition coefficient (Wildman–Crippen LogP) is 2.54. The maximum absolute atomic E-state index is 11.2. The molecule has 0 saturated heterocycles. The second-order valence-corrected chi connectivity index (χ2v) is 5.20. The van der Waals surface area contributed by atoms with Crippen LogP contribution in [0.15, 0.2) is 12.1 Å². The van der Waals surface area contributed by atoms with Crippen LogP contribution < -0.4 is 9.47 Å². The molecule has 0 spiro atoms. The summed E-state index contributed by atoms with van der Waals surface area (Å²) in [4.78, 5) is 11.2. The van der Waals surface area contributed by atoms with Crippen LogP contribution >= 0.6 is 0 Å². The van der Waals surface area contributed by atoms with E-state index >= 15 is 0 Å². The van der Waals surface area contributed by atoms with Gasteiger partial charge in [0, 0.05) is 18.4 Å². The van der Waals surface area contributed by atoms with Gasteiger partial charge in [-0.1, -0.05) is 6.07 Å². The molecule has 1 aliphatic rings. The number of rotatable bonds is 3. The van der Waals surface area contributed by atoms with Gasteiger partial charge >= 0.3 is 0 Å². The maximum Gasteiger partial charge on any atom is 0.165 e. The highest BCUT2D eigenvalue weighted by Crippen LogP contribution is 2.42. The summed E-state index contributed by atoms with van der Waals surface area (Å²) in [6.07, 6.45) is 1.30. The summed E-state index contributed by atoms with van der Waals surface area (Å²) in [5.74, 6) is 1.71. The van der Waals surface area contributed by atoms with Crippen molar-refractivity contribution in [3.05, 3.63) is 23.3 Å². The molecule has 0 fully saturated rings. The molecule has 3 heteroatoms. The van der Waals surface area contributed by atoms with Crippen LogP contribution in [0.25, 0.3) is 0 Å². The average molecular weight is 234 g/mol. The normalized spacial score (nSPS) is 16.2. The number of benzene rings is 1. The summed E-state index contributed by atoms with van der Waals surface area (Å²) in [6, 6.07) is 3.94. The van der Waals surface area contributed by atoms with Crippen molar-refractivity contribution >= 4 is 5.78 Å². The van der Waals surface area contributed by atoms with E-state index in [1.807, 2.05) is 12.1 Å². The summed E-state index contributed by atoms with van der Waals surface area (Å²) in [5, 5.41) is 0. The Labute approximate surface area is 102 Å². The Morgan fingerprint density at radius 3 is 2.76 bits per heavy atom. The molecule has 3 nitrogen and oxygen atoms in total. The third-order valence-corrected chi connectivity index (χ3v) is 2.86. The number of methoxy groups -OCH3 is 1. The van der Waals surface area contributed by atoms with Crippen molar-refractivity contribution in [2.24, 2.45) is 0 Å². The lowest BCUT2D eigenvalue weighted by atomic mass is 9.98. The molecule has 1 aromatic carbocycles. The molecule has 0 amide bonds. The van der Waals surface area contributed by atoms with Gasteiger partial charge in [0.1, 0.15) is 11.4 Å². The van der Waals surface area contributed by atoms with Crippen LogP contribution in [-0.4, -0.2) is 18.5 Å². The average Bonchev–Trinajstić information content (AvgIpc) is 2.49. The van der Waals surface area contributed by atoms with E-state index in [0.717, 1.165) is 29.0 Å². The van der Waals surface area contributed by atoms with Gasteiger partial charge in [0.15, 0.2) is 11.5 Å². The molecule has 0 saturated carbocycles. The number of hydrogen-bond donors (Lipinski definition) is 0. The molecule has 1 aliphatic heterocycles. The summed E-state index contributed by atoms with van der Waals surface area (Å²) >= 11 is 0. The molecule has 92 valence electrons. The molecule has 2 rings (SSSR count). The summed E-state index contributed by atoms with van der Waals surface area (Å²) in [5.41, 5.74) is 1.93. The van der Waals surface area contributed by atoms with Crippen molar-refractivity contribution in [1.82, 2.24) is 0 Å². The van der Waals surface area contributed by atoms with Crippen molar-refractivity contribution in [2.45, 2.75) is 39.2 Å². The van der Waals surface area contributed by atoms with E-state index in [1.54, 1.807) is 14.0 Å². The van der Waals surface area contributed by atoms with Gasteiger partial charge in [-0.3, -0.25) is 4.79 Å². The minimum Gasteiger partial charge on any atom is -0.493 e. The fourth-order valence-electron chi connectivity index (χ4n) is 2.28.